The van der Waals surface area contributed by atoms with Gasteiger partial charge in [0.15, 0.2) is 0 Å². The van der Waals surface area contributed by atoms with E-state index in [1.165, 1.54) is 0 Å². The van der Waals surface area contributed by atoms with Crippen LogP contribution in [0.3, 0.4) is 0 Å². The summed E-state index contributed by atoms with van der Waals surface area (Å²) in [6, 6.07) is 9.24. The Morgan fingerprint density at radius 3 is 2.31 bits per heavy atom. The number of allylic oxidation sites excluding steroid dienone is 1. The van der Waals surface area contributed by atoms with Crippen LogP contribution in [0, 0.1) is 5.41 Å². The van der Waals surface area contributed by atoms with Crippen LogP contribution < -0.4 is 0 Å². The van der Waals surface area contributed by atoms with Crippen LogP contribution in [0.4, 0.5) is 0 Å². The van der Waals surface area contributed by atoms with Crippen molar-refractivity contribution in [2.24, 2.45) is 5.41 Å². The third-order valence-corrected chi connectivity index (χ3v) is 2.76. The second kappa shape index (κ2) is 4.97. The van der Waals surface area contributed by atoms with Gasteiger partial charge in [0.2, 0.25) is 0 Å². The van der Waals surface area contributed by atoms with Gasteiger partial charge in [0.1, 0.15) is 0 Å². The molecule has 1 N–H and O–H groups in total. The lowest BCUT2D eigenvalue weighted by atomic mass is 9.86. The van der Waals surface area contributed by atoms with Crippen molar-refractivity contribution in [3.8, 4) is 0 Å². The van der Waals surface area contributed by atoms with Gasteiger partial charge in [-0.25, -0.2) is 4.79 Å². The first kappa shape index (κ1) is 12.5. The summed E-state index contributed by atoms with van der Waals surface area (Å²) in [6.07, 6.45) is 2.75. The number of rotatable bonds is 4. The predicted molar refractivity (Wildman–Crippen MR) is 66.1 cm³/mol. The Labute approximate surface area is 96.6 Å². The zero-order chi connectivity index (χ0) is 12.2. The number of benzene rings is 1. The van der Waals surface area contributed by atoms with Gasteiger partial charge in [0.05, 0.1) is 5.57 Å². The van der Waals surface area contributed by atoms with E-state index >= 15 is 0 Å². The second-order valence-electron chi connectivity index (χ2n) is 4.57. The summed E-state index contributed by atoms with van der Waals surface area (Å²) in [4.78, 5) is 11.2. The van der Waals surface area contributed by atoms with Crippen molar-refractivity contribution in [3.63, 3.8) is 0 Å². The maximum atomic E-state index is 11.2. The highest BCUT2D eigenvalue weighted by Gasteiger charge is 2.17. The molecule has 0 aliphatic carbocycles. The maximum Gasteiger partial charge on any atom is 0.335 e. The van der Waals surface area contributed by atoms with Crippen LogP contribution in [0.1, 0.15) is 32.8 Å². The largest absolute Gasteiger partial charge is 0.478 e. The summed E-state index contributed by atoms with van der Waals surface area (Å²) in [5.41, 5.74) is 1.05. The zero-order valence-corrected chi connectivity index (χ0v) is 10.0. The first-order chi connectivity index (χ1) is 7.46. The van der Waals surface area contributed by atoms with Gasteiger partial charge in [0, 0.05) is 0 Å². The van der Waals surface area contributed by atoms with Gasteiger partial charge in [-0.05, 0) is 17.4 Å². The van der Waals surface area contributed by atoms with Crippen molar-refractivity contribution < 1.29 is 9.90 Å². The normalized spacial score (nSPS) is 12.6. The molecular weight excluding hydrogens is 200 g/mol. The minimum Gasteiger partial charge on any atom is -0.478 e. The van der Waals surface area contributed by atoms with Crippen LogP contribution in [0.2, 0.25) is 0 Å². The smallest absolute Gasteiger partial charge is 0.335 e. The van der Waals surface area contributed by atoms with Crippen molar-refractivity contribution in [1.29, 1.82) is 0 Å². The van der Waals surface area contributed by atoms with Gasteiger partial charge in [0.25, 0.3) is 0 Å². The van der Waals surface area contributed by atoms with Gasteiger partial charge < -0.3 is 5.11 Å². The molecule has 0 amide bonds. The monoisotopic (exact) mass is 218 g/mol. The average molecular weight is 218 g/mol. The van der Waals surface area contributed by atoms with Crippen LogP contribution in [-0.2, 0) is 4.79 Å². The summed E-state index contributed by atoms with van der Waals surface area (Å²) in [5.74, 6) is -0.868. The van der Waals surface area contributed by atoms with E-state index in [-0.39, 0.29) is 5.41 Å². The molecule has 0 aliphatic heterocycles. The van der Waals surface area contributed by atoms with Crippen molar-refractivity contribution in [3.05, 3.63) is 42.0 Å². The van der Waals surface area contributed by atoms with E-state index < -0.39 is 5.97 Å². The first-order valence-corrected chi connectivity index (χ1v) is 5.48. The number of hydrogen-bond acceptors (Lipinski definition) is 1. The molecule has 0 fully saturated rings. The molecule has 0 bridgehead atoms. The lowest BCUT2D eigenvalue weighted by Gasteiger charge is -2.18. The van der Waals surface area contributed by atoms with E-state index in [1.54, 1.807) is 0 Å². The molecule has 0 aliphatic rings. The molecule has 1 aromatic rings. The predicted octanol–water partition coefficient (Wildman–Crippen LogP) is 3.59. The van der Waals surface area contributed by atoms with Crippen molar-refractivity contribution >= 4 is 11.5 Å². The molecular formula is C14H18O2. The van der Waals surface area contributed by atoms with Crippen LogP contribution in [-0.4, -0.2) is 11.1 Å². The molecule has 16 heavy (non-hydrogen) atoms. The van der Waals surface area contributed by atoms with Crippen molar-refractivity contribution in [2.45, 2.75) is 27.2 Å². The molecule has 0 radical (unpaired) electrons. The lowest BCUT2D eigenvalue weighted by Crippen LogP contribution is -2.10. The molecule has 0 aromatic heterocycles. The van der Waals surface area contributed by atoms with Gasteiger partial charge >= 0.3 is 5.97 Å². The minimum atomic E-state index is -0.868. The number of carboxylic acids is 1. The maximum absolute atomic E-state index is 11.2. The van der Waals surface area contributed by atoms with Gasteiger partial charge in [-0.1, -0.05) is 57.2 Å². The highest BCUT2D eigenvalue weighted by atomic mass is 16.4. The third kappa shape index (κ3) is 3.23. The van der Waals surface area contributed by atoms with E-state index in [4.69, 9.17) is 0 Å². The molecule has 1 rings (SSSR count). The SMILES string of the molecule is CCC(C)(C)C=C(C(=O)O)c1ccccc1. The van der Waals surface area contributed by atoms with Crippen molar-refractivity contribution in [1.82, 2.24) is 0 Å². The Kier molecular flexibility index (Phi) is 3.88. The quantitative estimate of drug-likeness (QED) is 0.784. The molecule has 0 spiro atoms. The standard InChI is InChI=1S/C14H18O2/c1-4-14(2,3)10-12(13(15)16)11-8-6-5-7-9-11/h5-10H,4H2,1-3H3,(H,15,16). The summed E-state index contributed by atoms with van der Waals surface area (Å²) in [5, 5.41) is 9.22. The van der Waals surface area contributed by atoms with E-state index in [0.717, 1.165) is 12.0 Å². The van der Waals surface area contributed by atoms with E-state index in [9.17, 15) is 9.90 Å². The highest BCUT2D eigenvalue weighted by Crippen LogP contribution is 2.27. The van der Waals surface area contributed by atoms with E-state index in [2.05, 4.69) is 6.92 Å². The molecule has 86 valence electrons. The Hall–Kier alpha value is -1.57. The minimum absolute atomic E-state index is 0.0937. The van der Waals surface area contributed by atoms with Crippen LogP contribution in [0.5, 0.6) is 0 Å². The molecule has 0 saturated carbocycles. The Balaban J connectivity index is 3.16. The van der Waals surface area contributed by atoms with Gasteiger partial charge in [-0.2, -0.15) is 0 Å². The number of hydrogen-bond donors (Lipinski definition) is 1. The fraction of sp³-hybridized carbons (Fsp3) is 0.357. The molecule has 2 nitrogen and oxygen atoms in total. The fourth-order valence-corrected chi connectivity index (χ4v) is 1.38. The topological polar surface area (TPSA) is 37.3 Å². The lowest BCUT2D eigenvalue weighted by molar-refractivity contribution is -0.130. The summed E-state index contributed by atoms with van der Waals surface area (Å²) in [7, 11) is 0. The number of carbonyl (C=O) groups is 1. The average Bonchev–Trinajstić information content (AvgIpc) is 2.27. The molecule has 0 saturated heterocycles. The van der Waals surface area contributed by atoms with E-state index in [1.807, 2.05) is 50.3 Å². The van der Waals surface area contributed by atoms with E-state index in [0.29, 0.717) is 5.57 Å². The van der Waals surface area contributed by atoms with Crippen molar-refractivity contribution in [2.75, 3.05) is 0 Å². The first-order valence-electron chi connectivity index (χ1n) is 5.48. The Morgan fingerprint density at radius 2 is 1.88 bits per heavy atom. The number of carboxylic acid groups (broad SMARTS) is 1. The third-order valence-electron chi connectivity index (χ3n) is 2.76. The van der Waals surface area contributed by atoms with Gasteiger partial charge in [-0.3, -0.25) is 0 Å². The van der Waals surface area contributed by atoms with Crippen LogP contribution >= 0.6 is 0 Å². The zero-order valence-electron chi connectivity index (χ0n) is 10.0. The molecule has 0 unspecified atom stereocenters. The molecule has 0 heterocycles. The highest BCUT2D eigenvalue weighted by molar-refractivity contribution is 6.15. The summed E-state index contributed by atoms with van der Waals surface area (Å²) >= 11 is 0. The summed E-state index contributed by atoms with van der Waals surface area (Å²) in [6.45, 7) is 6.14. The second-order valence-corrected chi connectivity index (χ2v) is 4.57. The Morgan fingerprint density at radius 1 is 1.31 bits per heavy atom. The summed E-state index contributed by atoms with van der Waals surface area (Å²) < 4.78 is 0. The number of aliphatic carboxylic acids is 1. The van der Waals surface area contributed by atoms with Crippen LogP contribution in [0.25, 0.3) is 5.57 Å². The van der Waals surface area contributed by atoms with Gasteiger partial charge in [-0.15, -0.1) is 0 Å². The molecule has 1 aromatic carbocycles. The molecule has 2 heteroatoms. The fourth-order valence-electron chi connectivity index (χ4n) is 1.38. The molecule has 0 atom stereocenters. The Bertz CT molecular complexity index is 388. The van der Waals surface area contributed by atoms with Crippen LogP contribution in [0.15, 0.2) is 36.4 Å².